The number of hydrogen-bond donors (Lipinski definition) is 1. The maximum Gasteiger partial charge on any atom is 0.250 e. The number of anilines is 1. The number of methoxy groups -OCH3 is 1. The lowest BCUT2D eigenvalue weighted by molar-refractivity contribution is 0.369. The molecule has 3 aromatic heterocycles. The molecular formula is C20H19FN6O. The van der Waals surface area contributed by atoms with Crippen molar-refractivity contribution in [2.75, 3.05) is 12.8 Å². The number of nitrogens with zero attached hydrogens (tertiary/aromatic N) is 5. The lowest BCUT2D eigenvalue weighted by atomic mass is 10.1. The van der Waals surface area contributed by atoms with Gasteiger partial charge in [0.25, 0.3) is 0 Å². The van der Waals surface area contributed by atoms with Crippen LogP contribution in [0, 0.1) is 5.82 Å². The number of nitrogens with two attached hydrogens (primary N) is 1. The van der Waals surface area contributed by atoms with Gasteiger partial charge in [0.1, 0.15) is 17.8 Å². The minimum Gasteiger partial charge on any atom is -0.479 e. The van der Waals surface area contributed by atoms with E-state index in [1.807, 2.05) is 12.2 Å². The summed E-state index contributed by atoms with van der Waals surface area (Å²) in [6, 6.07) is 1.26. The van der Waals surface area contributed by atoms with E-state index >= 15 is 0 Å². The van der Waals surface area contributed by atoms with E-state index in [9.17, 15) is 4.39 Å². The average Bonchev–Trinajstić information content (AvgIpc) is 3.29. The molecule has 1 aliphatic carbocycles. The molecule has 0 amide bonds. The van der Waals surface area contributed by atoms with Gasteiger partial charge in [0.2, 0.25) is 5.88 Å². The molecule has 0 bridgehead atoms. The predicted molar refractivity (Wildman–Crippen MR) is 105 cm³/mol. The van der Waals surface area contributed by atoms with Gasteiger partial charge in [-0.3, -0.25) is 0 Å². The van der Waals surface area contributed by atoms with Crippen LogP contribution in [0.5, 0.6) is 5.88 Å². The first-order chi connectivity index (χ1) is 13.6. The van der Waals surface area contributed by atoms with E-state index in [2.05, 4.69) is 28.1 Å². The Morgan fingerprint density at radius 2 is 2.11 bits per heavy atom. The standard InChI is InChI=1S/C20H19FN6O/c1-4-11-6-7-15(13(11)5-2)27-19-16(18(22)24-10-25-19)17(26-27)12-8-14(21)20(28-3)23-9-12/h4-5,8-10,15H,1-2,6-7H2,3H3,(H2,22,24,25). The molecule has 0 saturated carbocycles. The molecule has 0 saturated heterocycles. The molecule has 4 rings (SSSR count). The van der Waals surface area contributed by atoms with Crippen LogP contribution < -0.4 is 10.5 Å². The van der Waals surface area contributed by atoms with E-state index in [0.717, 1.165) is 24.0 Å². The molecule has 28 heavy (non-hydrogen) atoms. The van der Waals surface area contributed by atoms with E-state index in [1.165, 1.54) is 25.7 Å². The Kier molecular flexibility index (Phi) is 4.38. The van der Waals surface area contributed by atoms with Crippen molar-refractivity contribution in [1.82, 2.24) is 24.7 Å². The monoisotopic (exact) mass is 378 g/mol. The normalized spacial score (nSPS) is 16.6. The number of allylic oxidation sites excluding steroid dienone is 4. The van der Waals surface area contributed by atoms with E-state index in [0.29, 0.717) is 22.3 Å². The summed E-state index contributed by atoms with van der Waals surface area (Å²) in [6.45, 7) is 7.81. The molecule has 0 aromatic carbocycles. The lowest BCUT2D eigenvalue weighted by Gasteiger charge is -2.14. The second-order valence-corrected chi connectivity index (χ2v) is 6.41. The number of halogens is 1. The Morgan fingerprint density at radius 3 is 2.79 bits per heavy atom. The Bertz CT molecular complexity index is 1130. The number of pyridine rings is 1. The van der Waals surface area contributed by atoms with Crippen LogP contribution in [0.4, 0.5) is 10.2 Å². The molecule has 1 atom stereocenters. The molecular weight excluding hydrogens is 359 g/mol. The number of aromatic nitrogens is 5. The van der Waals surface area contributed by atoms with Gasteiger partial charge in [0.05, 0.1) is 18.5 Å². The van der Waals surface area contributed by atoms with Gasteiger partial charge in [-0.25, -0.2) is 24.0 Å². The van der Waals surface area contributed by atoms with E-state index in [4.69, 9.17) is 15.6 Å². The SMILES string of the molecule is C=CC1=C(C=C)C(n2nc(-c3cnc(OC)c(F)c3)c3c(N)ncnc32)CC1. The van der Waals surface area contributed by atoms with Crippen LogP contribution in [0.3, 0.4) is 0 Å². The van der Waals surface area contributed by atoms with Crippen LogP contribution in [0.25, 0.3) is 22.3 Å². The number of fused-ring (bicyclic) bond motifs is 1. The minimum absolute atomic E-state index is 0.0629. The number of nitrogen functional groups attached to an aromatic ring is 1. The molecule has 0 fully saturated rings. The zero-order valence-electron chi connectivity index (χ0n) is 15.4. The zero-order valence-corrected chi connectivity index (χ0v) is 15.4. The summed E-state index contributed by atoms with van der Waals surface area (Å²) < 4.78 is 20.9. The molecule has 0 radical (unpaired) electrons. The summed E-state index contributed by atoms with van der Waals surface area (Å²) in [5.74, 6) is -0.395. The van der Waals surface area contributed by atoms with Gasteiger partial charge in [-0.15, -0.1) is 0 Å². The molecule has 3 heterocycles. The highest BCUT2D eigenvalue weighted by Gasteiger charge is 2.28. The fraction of sp³-hybridized carbons (Fsp3) is 0.200. The summed E-state index contributed by atoms with van der Waals surface area (Å²) in [5.41, 5.74) is 9.82. The largest absolute Gasteiger partial charge is 0.479 e. The first-order valence-electron chi connectivity index (χ1n) is 8.75. The highest BCUT2D eigenvalue weighted by atomic mass is 19.1. The second kappa shape index (κ2) is 6.88. The second-order valence-electron chi connectivity index (χ2n) is 6.41. The fourth-order valence-electron chi connectivity index (χ4n) is 3.67. The van der Waals surface area contributed by atoms with Gasteiger partial charge in [0.15, 0.2) is 11.5 Å². The van der Waals surface area contributed by atoms with Crippen LogP contribution in [0.15, 0.2) is 55.0 Å². The molecule has 142 valence electrons. The third-order valence-corrected chi connectivity index (χ3v) is 4.97. The van der Waals surface area contributed by atoms with Crippen LogP contribution in [-0.4, -0.2) is 31.8 Å². The smallest absolute Gasteiger partial charge is 0.250 e. The Balaban J connectivity index is 1.95. The first-order valence-corrected chi connectivity index (χ1v) is 8.75. The third-order valence-electron chi connectivity index (χ3n) is 4.97. The van der Waals surface area contributed by atoms with Crippen molar-refractivity contribution in [3.05, 3.63) is 60.9 Å². The highest BCUT2D eigenvalue weighted by molar-refractivity contribution is 5.98. The van der Waals surface area contributed by atoms with Crippen molar-refractivity contribution in [3.8, 4) is 17.1 Å². The summed E-state index contributed by atoms with van der Waals surface area (Å²) in [7, 11) is 1.36. The molecule has 8 heteroatoms. The Labute approximate surface area is 161 Å². The summed E-state index contributed by atoms with van der Waals surface area (Å²) >= 11 is 0. The van der Waals surface area contributed by atoms with Crippen LogP contribution >= 0.6 is 0 Å². The highest BCUT2D eigenvalue weighted by Crippen LogP contribution is 2.40. The van der Waals surface area contributed by atoms with Gasteiger partial charge in [-0.1, -0.05) is 25.3 Å². The van der Waals surface area contributed by atoms with Crippen LogP contribution in [0.2, 0.25) is 0 Å². The van der Waals surface area contributed by atoms with Gasteiger partial charge in [-0.05, 0) is 30.1 Å². The number of ether oxygens (including phenoxy) is 1. The van der Waals surface area contributed by atoms with Gasteiger partial charge in [0, 0.05) is 11.8 Å². The van der Waals surface area contributed by atoms with Crippen molar-refractivity contribution in [3.63, 3.8) is 0 Å². The molecule has 0 spiro atoms. The minimum atomic E-state index is -0.584. The van der Waals surface area contributed by atoms with Gasteiger partial charge >= 0.3 is 0 Å². The molecule has 3 aromatic rings. The maximum atomic E-state index is 14.2. The van der Waals surface area contributed by atoms with Crippen molar-refractivity contribution >= 4 is 16.9 Å². The third kappa shape index (κ3) is 2.65. The summed E-state index contributed by atoms with van der Waals surface area (Å²) in [5, 5.41) is 5.30. The quantitative estimate of drug-likeness (QED) is 0.729. The molecule has 1 aliphatic rings. The molecule has 1 unspecified atom stereocenters. The topological polar surface area (TPSA) is 91.7 Å². The zero-order chi connectivity index (χ0) is 19.8. The molecule has 7 nitrogen and oxygen atoms in total. The summed E-state index contributed by atoms with van der Waals surface area (Å²) in [4.78, 5) is 12.5. The maximum absolute atomic E-state index is 14.2. The van der Waals surface area contributed by atoms with Crippen LogP contribution in [0.1, 0.15) is 18.9 Å². The Hall–Kier alpha value is -3.55. The van der Waals surface area contributed by atoms with Crippen LogP contribution in [-0.2, 0) is 0 Å². The Morgan fingerprint density at radius 1 is 1.29 bits per heavy atom. The molecule has 0 aliphatic heterocycles. The molecule has 2 N–H and O–H groups in total. The predicted octanol–water partition coefficient (Wildman–Crippen LogP) is 3.62. The van der Waals surface area contributed by atoms with Crippen molar-refractivity contribution in [1.29, 1.82) is 0 Å². The van der Waals surface area contributed by atoms with Crippen molar-refractivity contribution in [2.45, 2.75) is 18.9 Å². The average molecular weight is 378 g/mol. The number of hydrogen-bond acceptors (Lipinski definition) is 6. The lowest BCUT2D eigenvalue weighted by Crippen LogP contribution is -2.10. The number of rotatable bonds is 5. The summed E-state index contributed by atoms with van der Waals surface area (Å²) in [6.07, 6.45) is 8.25. The van der Waals surface area contributed by atoms with Gasteiger partial charge in [-0.2, -0.15) is 5.10 Å². The van der Waals surface area contributed by atoms with Crippen molar-refractivity contribution < 1.29 is 9.13 Å². The first kappa shape index (κ1) is 17.8. The fourth-order valence-corrected chi connectivity index (χ4v) is 3.67. The van der Waals surface area contributed by atoms with E-state index < -0.39 is 5.82 Å². The van der Waals surface area contributed by atoms with E-state index in [-0.39, 0.29) is 17.7 Å². The van der Waals surface area contributed by atoms with Crippen molar-refractivity contribution in [2.24, 2.45) is 0 Å². The van der Waals surface area contributed by atoms with Gasteiger partial charge < -0.3 is 10.5 Å². The van der Waals surface area contributed by atoms with E-state index in [1.54, 1.807) is 4.68 Å².